The molecule has 0 bridgehead atoms. The SMILES string of the molecule is CC(C)(O)[C@@H]1CC[C@](C)([C@H]2[C@@H](O)C[C@@]3(C)[C@H]4C[C@@H](O)[C@H]5C(C)(C)[C@H](O[C@H]6OC[C@@H](O)[C@@H](O)[C@H]6O)CC[C@@]56C[C@@]46CC[C@]23C)O1. The van der Waals surface area contributed by atoms with E-state index >= 15 is 0 Å². The molecule has 16 atom stereocenters. The van der Waals surface area contributed by atoms with E-state index in [9.17, 15) is 30.6 Å². The molecule has 0 aromatic carbocycles. The first kappa shape index (κ1) is 32.2. The lowest BCUT2D eigenvalue weighted by Gasteiger charge is -2.64. The predicted molar refractivity (Wildman–Crippen MR) is 161 cm³/mol. The van der Waals surface area contributed by atoms with Crippen molar-refractivity contribution in [3.05, 3.63) is 0 Å². The molecule has 7 rings (SSSR count). The fourth-order valence-electron chi connectivity index (χ4n) is 13.4. The zero-order valence-corrected chi connectivity index (χ0v) is 27.8. The largest absolute Gasteiger partial charge is 0.393 e. The van der Waals surface area contributed by atoms with Gasteiger partial charge in [0.1, 0.15) is 18.3 Å². The van der Waals surface area contributed by atoms with Crippen LogP contribution in [0, 0.1) is 44.8 Å². The van der Waals surface area contributed by atoms with Gasteiger partial charge in [0.15, 0.2) is 6.29 Å². The number of hydrogen-bond acceptors (Lipinski definition) is 9. The molecule has 2 saturated heterocycles. The van der Waals surface area contributed by atoms with E-state index in [1.54, 1.807) is 0 Å². The summed E-state index contributed by atoms with van der Waals surface area (Å²) in [4.78, 5) is 0. The quantitative estimate of drug-likeness (QED) is 0.260. The van der Waals surface area contributed by atoms with E-state index in [1.165, 1.54) is 0 Å². The summed E-state index contributed by atoms with van der Waals surface area (Å²) in [6, 6.07) is 0. The van der Waals surface area contributed by atoms with Gasteiger partial charge in [0.2, 0.25) is 0 Å². The Balaban J connectivity index is 1.15. The smallest absolute Gasteiger partial charge is 0.186 e. The fourth-order valence-corrected chi connectivity index (χ4v) is 13.4. The summed E-state index contributed by atoms with van der Waals surface area (Å²) in [6.45, 7) is 14.8. The molecule has 2 spiro atoms. The normalized spacial score (nSPS) is 59.8. The van der Waals surface area contributed by atoms with Gasteiger partial charge in [-0.1, -0.05) is 27.7 Å². The minimum Gasteiger partial charge on any atom is -0.393 e. The molecule has 9 heteroatoms. The molecule has 0 radical (unpaired) electrons. The topological polar surface area (TPSA) is 149 Å². The number of aliphatic hydroxyl groups is 6. The maximum absolute atomic E-state index is 12.1. The first-order chi connectivity index (χ1) is 20.3. The second-order valence-corrected chi connectivity index (χ2v) is 18.3. The molecule has 2 aliphatic heterocycles. The van der Waals surface area contributed by atoms with Crippen LogP contribution in [0.15, 0.2) is 0 Å². The highest BCUT2D eigenvalue weighted by Crippen LogP contribution is 2.89. The second-order valence-electron chi connectivity index (χ2n) is 18.3. The monoisotopic (exact) mass is 622 g/mol. The molecule has 7 aliphatic rings. The lowest BCUT2D eigenvalue weighted by Crippen LogP contribution is -2.63. The Kier molecular flexibility index (Phi) is 7.04. The molecule has 5 saturated carbocycles. The van der Waals surface area contributed by atoms with Crippen molar-refractivity contribution in [1.82, 2.24) is 0 Å². The molecule has 0 amide bonds. The first-order valence-corrected chi connectivity index (χ1v) is 17.4. The summed E-state index contributed by atoms with van der Waals surface area (Å²) in [5.41, 5.74) is -2.01. The number of ether oxygens (including phenoxy) is 3. The fraction of sp³-hybridized carbons (Fsp3) is 1.00. The Morgan fingerprint density at radius 3 is 2.11 bits per heavy atom. The predicted octanol–water partition coefficient (Wildman–Crippen LogP) is 2.90. The third kappa shape index (κ3) is 3.97. The van der Waals surface area contributed by atoms with Crippen molar-refractivity contribution in [2.75, 3.05) is 6.61 Å². The first-order valence-electron chi connectivity index (χ1n) is 17.4. The minimum absolute atomic E-state index is 0.00753. The van der Waals surface area contributed by atoms with Gasteiger partial charge in [0, 0.05) is 5.92 Å². The van der Waals surface area contributed by atoms with Crippen molar-refractivity contribution in [2.24, 2.45) is 44.8 Å². The van der Waals surface area contributed by atoms with E-state index in [-0.39, 0.29) is 52.3 Å². The van der Waals surface area contributed by atoms with Crippen LogP contribution in [0.3, 0.4) is 0 Å². The third-order valence-corrected chi connectivity index (χ3v) is 15.5. The Morgan fingerprint density at radius 1 is 0.750 bits per heavy atom. The van der Waals surface area contributed by atoms with Crippen molar-refractivity contribution < 1.29 is 44.8 Å². The number of fused-ring (bicyclic) bond motifs is 2. The minimum atomic E-state index is -1.33. The number of rotatable bonds is 4. The van der Waals surface area contributed by atoms with Gasteiger partial charge in [-0.15, -0.1) is 0 Å². The maximum atomic E-state index is 12.1. The molecule has 0 aromatic rings. The zero-order valence-electron chi connectivity index (χ0n) is 27.8. The van der Waals surface area contributed by atoms with E-state index in [4.69, 9.17) is 14.2 Å². The van der Waals surface area contributed by atoms with Crippen molar-refractivity contribution >= 4 is 0 Å². The average molecular weight is 623 g/mol. The highest BCUT2D eigenvalue weighted by Gasteiger charge is 2.85. The van der Waals surface area contributed by atoms with Crippen LogP contribution in [0.2, 0.25) is 0 Å². The molecule has 9 nitrogen and oxygen atoms in total. The van der Waals surface area contributed by atoms with Crippen LogP contribution in [0.4, 0.5) is 0 Å². The number of hydrogen-bond donors (Lipinski definition) is 6. The summed E-state index contributed by atoms with van der Waals surface area (Å²) >= 11 is 0. The third-order valence-electron chi connectivity index (χ3n) is 15.5. The van der Waals surface area contributed by atoms with Crippen molar-refractivity contribution in [1.29, 1.82) is 0 Å². The van der Waals surface area contributed by atoms with Crippen LogP contribution < -0.4 is 0 Å². The van der Waals surface area contributed by atoms with E-state index in [0.29, 0.717) is 18.8 Å². The van der Waals surface area contributed by atoms with Gasteiger partial charge in [-0.3, -0.25) is 0 Å². The molecule has 2 heterocycles. The molecule has 6 N–H and O–H groups in total. The van der Waals surface area contributed by atoms with Crippen molar-refractivity contribution in [3.63, 3.8) is 0 Å². The van der Waals surface area contributed by atoms with Gasteiger partial charge in [0.05, 0.1) is 42.2 Å². The van der Waals surface area contributed by atoms with Crippen LogP contribution in [0.25, 0.3) is 0 Å². The van der Waals surface area contributed by atoms with Crippen LogP contribution in [-0.2, 0) is 14.2 Å². The van der Waals surface area contributed by atoms with E-state index in [0.717, 1.165) is 44.9 Å². The Bertz CT molecular complexity index is 1160. The van der Waals surface area contributed by atoms with Crippen LogP contribution >= 0.6 is 0 Å². The van der Waals surface area contributed by atoms with Crippen LogP contribution in [-0.4, -0.2) is 97.5 Å². The van der Waals surface area contributed by atoms with Gasteiger partial charge in [-0.05, 0) is 117 Å². The molecule has 0 aromatic heterocycles. The molecular formula is C35H58O9. The maximum Gasteiger partial charge on any atom is 0.186 e. The summed E-state index contributed by atoms with van der Waals surface area (Å²) < 4.78 is 18.7. The average Bonchev–Trinajstić information content (AvgIpc) is 3.27. The summed E-state index contributed by atoms with van der Waals surface area (Å²) in [5.74, 6) is 0.285. The molecule has 5 aliphatic carbocycles. The molecule has 0 unspecified atom stereocenters. The van der Waals surface area contributed by atoms with Crippen molar-refractivity contribution in [3.8, 4) is 0 Å². The summed E-state index contributed by atoms with van der Waals surface area (Å²) in [6.07, 6.45) is 1.57. The molecule has 7 fully saturated rings. The molecule has 44 heavy (non-hydrogen) atoms. The summed E-state index contributed by atoms with van der Waals surface area (Å²) in [7, 11) is 0. The molecular weight excluding hydrogens is 564 g/mol. The highest BCUT2D eigenvalue weighted by molar-refractivity contribution is 5.33. The van der Waals surface area contributed by atoms with Gasteiger partial charge in [-0.2, -0.15) is 0 Å². The number of aliphatic hydroxyl groups excluding tert-OH is 5. The van der Waals surface area contributed by atoms with Crippen LogP contribution in [0.1, 0.15) is 106 Å². The van der Waals surface area contributed by atoms with Gasteiger partial charge in [-0.25, -0.2) is 0 Å². The van der Waals surface area contributed by atoms with Gasteiger partial charge < -0.3 is 44.8 Å². The summed E-state index contributed by atoms with van der Waals surface area (Å²) in [5, 5.41) is 65.5. The Hall–Kier alpha value is -0.360. The standard InChI is InChI=1S/C35H58O9/c1-29(2)22(43-28-25(40)24(39)20(38)16-42-28)9-11-35-17-34(35)13-12-31(5)27(33(7)10-8-23(44-33)30(3,4)41)19(37)15-32(31,6)21(34)14-18(36)26(29)35/h18-28,36-41H,8-17H2,1-7H3/t18-,19+,20-,21-,22-,23+,24-,25-,26+,27+,28-,31-,32+,33-,34+,35-/m1/s1. The van der Waals surface area contributed by atoms with Crippen molar-refractivity contribution in [2.45, 2.75) is 166 Å². The Morgan fingerprint density at radius 2 is 1.45 bits per heavy atom. The highest BCUT2D eigenvalue weighted by atomic mass is 16.7. The van der Waals surface area contributed by atoms with Gasteiger partial charge >= 0.3 is 0 Å². The van der Waals surface area contributed by atoms with Gasteiger partial charge in [0.25, 0.3) is 0 Å². The second kappa shape index (κ2) is 9.63. The van der Waals surface area contributed by atoms with Crippen LogP contribution in [0.5, 0.6) is 0 Å². The van der Waals surface area contributed by atoms with E-state index in [1.807, 2.05) is 13.8 Å². The Labute approximate surface area is 262 Å². The van der Waals surface area contributed by atoms with E-state index < -0.39 is 53.4 Å². The lowest BCUT2D eigenvalue weighted by molar-refractivity contribution is -0.306. The zero-order chi connectivity index (χ0) is 32.0. The van der Waals surface area contributed by atoms with E-state index in [2.05, 4.69) is 34.6 Å². The molecule has 252 valence electrons. The lowest BCUT2D eigenvalue weighted by atomic mass is 9.41.